The van der Waals surface area contributed by atoms with Crippen LogP contribution in [0.2, 0.25) is 0 Å². The number of carbonyl (C=O) groups excluding carboxylic acids is 2. The normalized spacial score (nSPS) is 13.9. The highest BCUT2D eigenvalue weighted by molar-refractivity contribution is 9.10. The minimum absolute atomic E-state index is 0.0539. The molecule has 0 bridgehead atoms. The van der Waals surface area contributed by atoms with Gasteiger partial charge in [-0.15, -0.1) is 0 Å². The van der Waals surface area contributed by atoms with E-state index in [9.17, 15) is 9.59 Å². The van der Waals surface area contributed by atoms with Crippen LogP contribution >= 0.6 is 15.9 Å². The van der Waals surface area contributed by atoms with Gasteiger partial charge in [-0.05, 0) is 68.7 Å². The zero-order valence-electron chi connectivity index (χ0n) is 15.3. The molecule has 1 heterocycles. The van der Waals surface area contributed by atoms with E-state index in [0.29, 0.717) is 29.2 Å². The van der Waals surface area contributed by atoms with Gasteiger partial charge in [-0.1, -0.05) is 15.9 Å². The maximum absolute atomic E-state index is 12.6. The Hall–Kier alpha value is -2.34. The van der Waals surface area contributed by atoms with Crippen LogP contribution in [-0.4, -0.2) is 36.4 Å². The number of anilines is 1. The van der Waals surface area contributed by atoms with Crippen LogP contribution in [0.25, 0.3) is 0 Å². The summed E-state index contributed by atoms with van der Waals surface area (Å²) >= 11 is 3.39. The summed E-state index contributed by atoms with van der Waals surface area (Å²) < 4.78 is 6.34. The van der Waals surface area contributed by atoms with Crippen molar-refractivity contribution in [3.8, 4) is 5.75 Å². The molecule has 2 aromatic rings. The van der Waals surface area contributed by atoms with Crippen LogP contribution in [0.1, 0.15) is 46.9 Å². The average Bonchev–Trinajstić information content (AvgIpc) is 2.70. The van der Waals surface area contributed by atoms with Crippen molar-refractivity contribution < 1.29 is 14.3 Å². The number of nitrogens with one attached hydrogen (secondary N) is 1. The fourth-order valence-corrected chi connectivity index (χ4v) is 3.50. The standard InChI is InChI=1S/C21H23BrN2O3/c1-2-27-19-11-8-16(22)14-18(19)20(25)23-17-9-6-15(7-10-17)21(26)24-12-4-3-5-13-24/h6-11,14H,2-5,12-13H2,1H3,(H,23,25). The summed E-state index contributed by atoms with van der Waals surface area (Å²) in [7, 11) is 0. The minimum atomic E-state index is -0.255. The van der Waals surface area contributed by atoms with Gasteiger partial charge >= 0.3 is 0 Å². The molecule has 0 spiro atoms. The number of ether oxygens (including phenoxy) is 1. The number of hydrogen-bond acceptors (Lipinski definition) is 3. The van der Waals surface area contributed by atoms with Gasteiger partial charge in [0.05, 0.1) is 12.2 Å². The molecule has 0 saturated carbocycles. The lowest BCUT2D eigenvalue weighted by atomic mass is 10.1. The summed E-state index contributed by atoms with van der Waals surface area (Å²) in [5.41, 5.74) is 1.74. The molecule has 1 fully saturated rings. The lowest BCUT2D eigenvalue weighted by molar-refractivity contribution is 0.0724. The molecule has 6 heteroatoms. The van der Waals surface area contributed by atoms with Crippen LogP contribution in [-0.2, 0) is 0 Å². The third kappa shape index (κ3) is 4.89. The van der Waals surface area contributed by atoms with E-state index >= 15 is 0 Å². The molecular weight excluding hydrogens is 408 g/mol. The highest BCUT2D eigenvalue weighted by Crippen LogP contribution is 2.25. The topological polar surface area (TPSA) is 58.6 Å². The fourth-order valence-electron chi connectivity index (χ4n) is 3.14. The molecule has 2 aromatic carbocycles. The Morgan fingerprint density at radius 3 is 2.44 bits per heavy atom. The SMILES string of the molecule is CCOc1ccc(Br)cc1C(=O)Nc1ccc(C(=O)N2CCCCC2)cc1. The van der Waals surface area contributed by atoms with E-state index in [-0.39, 0.29) is 11.8 Å². The zero-order chi connectivity index (χ0) is 19.2. The number of piperidine rings is 1. The first-order chi connectivity index (χ1) is 13.1. The maximum Gasteiger partial charge on any atom is 0.259 e. The number of halogens is 1. The molecule has 0 atom stereocenters. The van der Waals surface area contributed by atoms with E-state index in [0.717, 1.165) is 30.4 Å². The van der Waals surface area contributed by atoms with Crippen LogP contribution in [0, 0.1) is 0 Å². The minimum Gasteiger partial charge on any atom is -0.493 e. The first-order valence-electron chi connectivity index (χ1n) is 9.21. The molecule has 1 aliphatic rings. The lowest BCUT2D eigenvalue weighted by Crippen LogP contribution is -2.35. The third-order valence-electron chi connectivity index (χ3n) is 4.52. The van der Waals surface area contributed by atoms with Gasteiger partial charge in [-0.3, -0.25) is 9.59 Å². The Morgan fingerprint density at radius 1 is 1.07 bits per heavy atom. The molecule has 1 aliphatic heterocycles. The molecular formula is C21H23BrN2O3. The monoisotopic (exact) mass is 430 g/mol. The molecule has 27 heavy (non-hydrogen) atoms. The number of nitrogens with zero attached hydrogens (tertiary/aromatic N) is 1. The quantitative estimate of drug-likeness (QED) is 0.745. The molecule has 142 valence electrons. The first kappa shape index (κ1) is 19.4. The first-order valence-corrected chi connectivity index (χ1v) is 10.0. The van der Waals surface area contributed by atoms with Gasteiger partial charge in [0, 0.05) is 28.8 Å². The van der Waals surface area contributed by atoms with Crippen molar-refractivity contribution in [3.05, 3.63) is 58.1 Å². The van der Waals surface area contributed by atoms with Gasteiger partial charge in [-0.2, -0.15) is 0 Å². The summed E-state index contributed by atoms with van der Waals surface area (Å²) in [6, 6.07) is 12.4. The molecule has 0 aromatic heterocycles. The summed E-state index contributed by atoms with van der Waals surface area (Å²) in [6.45, 7) is 4.00. The highest BCUT2D eigenvalue weighted by atomic mass is 79.9. The predicted molar refractivity (Wildman–Crippen MR) is 109 cm³/mol. The predicted octanol–water partition coefficient (Wildman–Crippen LogP) is 4.73. The van der Waals surface area contributed by atoms with Crippen molar-refractivity contribution in [2.24, 2.45) is 0 Å². The van der Waals surface area contributed by atoms with Gasteiger partial charge in [-0.25, -0.2) is 0 Å². The molecule has 0 radical (unpaired) electrons. The van der Waals surface area contributed by atoms with E-state index in [2.05, 4.69) is 21.2 Å². The molecule has 5 nitrogen and oxygen atoms in total. The lowest BCUT2D eigenvalue weighted by Gasteiger charge is -2.26. The number of rotatable bonds is 5. The van der Waals surface area contributed by atoms with Crippen molar-refractivity contribution in [2.45, 2.75) is 26.2 Å². The summed E-state index contributed by atoms with van der Waals surface area (Å²) in [5, 5.41) is 2.87. The molecule has 0 unspecified atom stereocenters. The maximum atomic E-state index is 12.6. The van der Waals surface area contributed by atoms with Gasteiger partial charge in [0.2, 0.25) is 0 Å². The number of benzene rings is 2. The van der Waals surface area contributed by atoms with Crippen molar-refractivity contribution in [1.82, 2.24) is 4.90 Å². The van der Waals surface area contributed by atoms with E-state index in [1.54, 1.807) is 36.4 Å². The number of amides is 2. The summed E-state index contributed by atoms with van der Waals surface area (Å²) in [4.78, 5) is 27.1. The van der Waals surface area contributed by atoms with Crippen molar-refractivity contribution >= 4 is 33.4 Å². The largest absolute Gasteiger partial charge is 0.493 e. The second-order valence-corrected chi connectivity index (χ2v) is 7.37. The Morgan fingerprint density at radius 2 is 1.78 bits per heavy atom. The van der Waals surface area contributed by atoms with Crippen molar-refractivity contribution in [3.63, 3.8) is 0 Å². The zero-order valence-corrected chi connectivity index (χ0v) is 16.9. The van der Waals surface area contributed by atoms with Crippen LogP contribution < -0.4 is 10.1 Å². The molecule has 0 aliphatic carbocycles. The number of carbonyl (C=O) groups is 2. The Labute approximate surface area is 167 Å². The van der Waals surface area contributed by atoms with Gasteiger partial charge in [0.15, 0.2) is 0 Å². The van der Waals surface area contributed by atoms with Gasteiger partial charge < -0.3 is 15.0 Å². The van der Waals surface area contributed by atoms with Crippen LogP contribution in [0.5, 0.6) is 5.75 Å². The Kier molecular flexibility index (Phi) is 6.50. The highest BCUT2D eigenvalue weighted by Gasteiger charge is 2.18. The van der Waals surface area contributed by atoms with E-state index < -0.39 is 0 Å². The fraction of sp³-hybridized carbons (Fsp3) is 0.333. The second kappa shape index (κ2) is 9.04. The molecule has 1 N–H and O–H groups in total. The van der Waals surface area contributed by atoms with E-state index in [1.165, 1.54) is 6.42 Å². The summed E-state index contributed by atoms with van der Waals surface area (Å²) in [6.07, 6.45) is 3.32. The third-order valence-corrected chi connectivity index (χ3v) is 5.01. The van der Waals surface area contributed by atoms with Crippen molar-refractivity contribution in [2.75, 3.05) is 25.0 Å². The van der Waals surface area contributed by atoms with Crippen LogP contribution in [0.15, 0.2) is 46.9 Å². The van der Waals surface area contributed by atoms with Gasteiger partial charge in [0.1, 0.15) is 5.75 Å². The van der Waals surface area contributed by atoms with Crippen LogP contribution in [0.3, 0.4) is 0 Å². The Bertz CT molecular complexity index is 815. The van der Waals surface area contributed by atoms with Gasteiger partial charge in [0.25, 0.3) is 11.8 Å². The molecule has 2 amide bonds. The molecule has 3 rings (SSSR count). The van der Waals surface area contributed by atoms with E-state index in [4.69, 9.17) is 4.74 Å². The Balaban J connectivity index is 1.70. The second-order valence-electron chi connectivity index (χ2n) is 6.46. The average molecular weight is 431 g/mol. The van der Waals surface area contributed by atoms with Crippen LogP contribution in [0.4, 0.5) is 5.69 Å². The van der Waals surface area contributed by atoms with Crippen molar-refractivity contribution in [1.29, 1.82) is 0 Å². The number of likely N-dealkylation sites (tertiary alicyclic amines) is 1. The molecule has 1 saturated heterocycles. The van der Waals surface area contributed by atoms with E-state index in [1.807, 2.05) is 17.9 Å². The summed E-state index contributed by atoms with van der Waals surface area (Å²) in [5.74, 6) is 0.336. The smallest absolute Gasteiger partial charge is 0.259 e. The number of hydrogen-bond donors (Lipinski definition) is 1.